The molecule has 2 aliphatic heterocycles. The second-order valence-corrected chi connectivity index (χ2v) is 5.26. The van der Waals surface area contributed by atoms with Crippen LogP contribution in [0.5, 0.6) is 0 Å². The van der Waals surface area contributed by atoms with Gasteiger partial charge in [-0.2, -0.15) is 0 Å². The molecule has 4 heteroatoms. The molecule has 1 unspecified atom stereocenters. The third-order valence-electron chi connectivity index (χ3n) is 3.87. The number of ether oxygens (including phenoxy) is 1. The Kier molecular flexibility index (Phi) is 3.80. The van der Waals surface area contributed by atoms with E-state index < -0.39 is 0 Å². The van der Waals surface area contributed by atoms with Crippen molar-refractivity contribution in [1.82, 2.24) is 10.6 Å². The van der Waals surface area contributed by atoms with Gasteiger partial charge in [0.15, 0.2) is 0 Å². The molecular weight excluding hydrogens is 240 g/mol. The molecule has 2 aliphatic rings. The molecule has 1 aromatic carbocycles. The number of hydrogen-bond acceptors (Lipinski definition) is 3. The van der Waals surface area contributed by atoms with Crippen LogP contribution in [0.1, 0.15) is 34.3 Å². The molecule has 0 spiro atoms. The number of fused-ring (bicyclic) bond motifs is 1. The van der Waals surface area contributed by atoms with Gasteiger partial charge in [0.1, 0.15) is 0 Å². The summed E-state index contributed by atoms with van der Waals surface area (Å²) in [5, 5.41) is 6.30. The zero-order valence-corrected chi connectivity index (χ0v) is 11.1. The maximum Gasteiger partial charge on any atom is 0.251 e. The second kappa shape index (κ2) is 5.72. The van der Waals surface area contributed by atoms with Crippen molar-refractivity contribution in [3.05, 3.63) is 34.9 Å². The Bertz CT molecular complexity index is 467. The Hall–Kier alpha value is -1.39. The predicted octanol–water partition coefficient (Wildman–Crippen LogP) is 1.24. The number of amides is 1. The van der Waals surface area contributed by atoms with Crippen LogP contribution in [0.3, 0.4) is 0 Å². The Balaban J connectivity index is 1.62. The minimum absolute atomic E-state index is 0.0110. The molecule has 4 nitrogen and oxygen atoms in total. The van der Waals surface area contributed by atoms with Crippen molar-refractivity contribution in [3.63, 3.8) is 0 Å². The van der Waals surface area contributed by atoms with Crippen molar-refractivity contribution in [3.8, 4) is 0 Å². The molecule has 0 saturated carbocycles. The lowest BCUT2D eigenvalue weighted by atomic mass is 9.98. The highest BCUT2D eigenvalue weighted by atomic mass is 16.5. The average Bonchev–Trinajstić information content (AvgIpc) is 2.97. The van der Waals surface area contributed by atoms with Gasteiger partial charge in [0.2, 0.25) is 0 Å². The van der Waals surface area contributed by atoms with E-state index in [0.29, 0.717) is 6.54 Å². The first-order chi connectivity index (χ1) is 9.33. The molecule has 1 aromatic rings. The molecule has 1 amide bonds. The minimum Gasteiger partial charge on any atom is -0.376 e. The zero-order chi connectivity index (χ0) is 13.1. The van der Waals surface area contributed by atoms with Gasteiger partial charge in [-0.05, 0) is 49.1 Å². The number of nitrogens with one attached hydrogen (secondary N) is 2. The Labute approximate surface area is 113 Å². The third-order valence-corrected chi connectivity index (χ3v) is 3.87. The molecular formula is C15H20N2O2. The van der Waals surface area contributed by atoms with Gasteiger partial charge in [0.25, 0.3) is 5.91 Å². The van der Waals surface area contributed by atoms with Crippen LogP contribution in [0.2, 0.25) is 0 Å². The fourth-order valence-corrected chi connectivity index (χ4v) is 2.73. The summed E-state index contributed by atoms with van der Waals surface area (Å²) in [6, 6.07) is 6.00. The van der Waals surface area contributed by atoms with E-state index in [4.69, 9.17) is 4.74 Å². The molecule has 0 bridgehead atoms. The summed E-state index contributed by atoms with van der Waals surface area (Å²) in [4.78, 5) is 12.1. The van der Waals surface area contributed by atoms with Crippen molar-refractivity contribution >= 4 is 5.91 Å². The van der Waals surface area contributed by atoms with Crippen LogP contribution >= 0.6 is 0 Å². The molecule has 0 radical (unpaired) electrons. The largest absolute Gasteiger partial charge is 0.376 e. The fraction of sp³-hybridized carbons (Fsp3) is 0.533. The van der Waals surface area contributed by atoms with Gasteiger partial charge in [0.05, 0.1) is 6.10 Å². The molecule has 1 atom stereocenters. The van der Waals surface area contributed by atoms with Gasteiger partial charge in [-0.1, -0.05) is 6.07 Å². The average molecular weight is 260 g/mol. The van der Waals surface area contributed by atoms with Crippen molar-refractivity contribution in [2.45, 2.75) is 31.9 Å². The second-order valence-electron chi connectivity index (χ2n) is 5.26. The van der Waals surface area contributed by atoms with Gasteiger partial charge < -0.3 is 15.4 Å². The molecule has 0 aliphatic carbocycles. The van der Waals surface area contributed by atoms with E-state index in [1.54, 1.807) is 0 Å². The lowest BCUT2D eigenvalue weighted by Crippen LogP contribution is -2.32. The van der Waals surface area contributed by atoms with E-state index in [1.807, 2.05) is 12.1 Å². The van der Waals surface area contributed by atoms with Crippen LogP contribution in [0.15, 0.2) is 18.2 Å². The molecule has 2 N–H and O–H groups in total. The van der Waals surface area contributed by atoms with Crippen molar-refractivity contribution in [2.75, 3.05) is 19.7 Å². The standard InChI is InChI=1S/C15H20N2O2/c18-15(17-10-14-2-1-7-19-14)12-3-4-13-9-16-6-5-11(13)8-12/h3-4,8,14,16H,1-2,5-7,9-10H2,(H,17,18). The normalized spacial score (nSPS) is 22.0. The molecule has 102 valence electrons. The summed E-state index contributed by atoms with van der Waals surface area (Å²) in [7, 11) is 0. The van der Waals surface area contributed by atoms with Crippen LogP contribution in [-0.2, 0) is 17.7 Å². The summed E-state index contributed by atoms with van der Waals surface area (Å²) in [5.74, 6) is 0.0110. The lowest BCUT2D eigenvalue weighted by molar-refractivity contribution is 0.0857. The van der Waals surface area contributed by atoms with Gasteiger partial charge in [-0.25, -0.2) is 0 Å². The van der Waals surface area contributed by atoms with Gasteiger partial charge >= 0.3 is 0 Å². The van der Waals surface area contributed by atoms with Crippen LogP contribution in [-0.4, -0.2) is 31.7 Å². The van der Waals surface area contributed by atoms with Crippen molar-refractivity contribution < 1.29 is 9.53 Å². The fourth-order valence-electron chi connectivity index (χ4n) is 2.73. The number of hydrogen-bond donors (Lipinski definition) is 2. The number of carbonyl (C=O) groups is 1. The maximum absolute atomic E-state index is 12.1. The van der Waals surface area contributed by atoms with Gasteiger partial charge in [-0.3, -0.25) is 4.79 Å². The predicted molar refractivity (Wildman–Crippen MR) is 73.2 cm³/mol. The molecule has 2 heterocycles. The summed E-state index contributed by atoms with van der Waals surface area (Å²) in [6.45, 7) is 3.35. The smallest absolute Gasteiger partial charge is 0.251 e. The van der Waals surface area contributed by atoms with Crippen LogP contribution < -0.4 is 10.6 Å². The summed E-state index contributed by atoms with van der Waals surface area (Å²) >= 11 is 0. The van der Waals surface area contributed by atoms with E-state index in [-0.39, 0.29) is 12.0 Å². The Morgan fingerprint density at radius 2 is 2.37 bits per heavy atom. The summed E-state index contributed by atoms with van der Waals surface area (Å²) < 4.78 is 5.51. The van der Waals surface area contributed by atoms with Crippen molar-refractivity contribution in [1.29, 1.82) is 0 Å². The molecule has 0 aromatic heterocycles. The summed E-state index contributed by atoms with van der Waals surface area (Å²) in [5.41, 5.74) is 3.36. The third kappa shape index (κ3) is 2.96. The summed E-state index contributed by atoms with van der Waals surface area (Å²) in [6.07, 6.45) is 3.36. The van der Waals surface area contributed by atoms with E-state index >= 15 is 0 Å². The van der Waals surface area contributed by atoms with Crippen LogP contribution in [0.25, 0.3) is 0 Å². The lowest BCUT2D eigenvalue weighted by Gasteiger charge is -2.18. The van der Waals surface area contributed by atoms with Gasteiger partial charge in [-0.15, -0.1) is 0 Å². The molecule has 1 saturated heterocycles. The van der Waals surface area contributed by atoms with E-state index in [9.17, 15) is 4.79 Å². The zero-order valence-electron chi connectivity index (χ0n) is 11.1. The van der Waals surface area contributed by atoms with Crippen LogP contribution in [0, 0.1) is 0 Å². The molecule has 1 fully saturated rings. The highest BCUT2D eigenvalue weighted by Crippen LogP contribution is 2.16. The Morgan fingerprint density at radius 3 is 3.21 bits per heavy atom. The molecule has 19 heavy (non-hydrogen) atoms. The first-order valence-corrected chi connectivity index (χ1v) is 7.05. The van der Waals surface area contributed by atoms with Gasteiger partial charge in [0, 0.05) is 25.3 Å². The first-order valence-electron chi connectivity index (χ1n) is 7.05. The monoisotopic (exact) mass is 260 g/mol. The van der Waals surface area contributed by atoms with Crippen molar-refractivity contribution in [2.24, 2.45) is 0 Å². The van der Waals surface area contributed by atoms with E-state index in [0.717, 1.165) is 44.5 Å². The quantitative estimate of drug-likeness (QED) is 0.859. The highest BCUT2D eigenvalue weighted by Gasteiger charge is 2.17. The van der Waals surface area contributed by atoms with E-state index in [1.165, 1.54) is 11.1 Å². The number of benzene rings is 1. The number of carbonyl (C=O) groups excluding carboxylic acids is 1. The maximum atomic E-state index is 12.1. The topological polar surface area (TPSA) is 50.4 Å². The van der Waals surface area contributed by atoms with Crippen LogP contribution in [0.4, 0.5) is 0 Å². The minimum atomic E-state index is 0.0110. The first kappa shape index (κ1) is 12.6. The molecule has 3 rings (SSSR count). The SMILES string of the molecule is O=C(NCC1CCCO1)c1ccc2c(c1)CCNC2. The highest BCUT2D eigenvalue weighted by molar-refractivity contribution is 5.94. The Morgan fingerprint density at radius 1 is 1.42 bits per heavy atom. The number of rotatable bonds is 3. The van der Waals surface area contributed by atoms with E-state index in [2.05, 4.69) is 16.7 Å².